The monoisotopic (exact) mass is 1120 g/mol. The summed E-state index contributed by atoms with van der Waals surface area (Å²) in [7, 11) is -7.41. The number of rotatable bonds is 14. The molecule has 0 atom stereocenters. The molecule has 2 amide bonds. The lowest BCUT2D eigenvalue weighted by Crippen LogP contribution is -2.49. The SMILES string of the molecule is CC1(COC(=O)c2ccc(S(=O)(=O)CCC3CCN(C(=O)OC(C(F)(F)F)C(F)(F)F)CC3)cc2)COC1.Cc1nnc(-c2ccc(S(=O)(=O)CCC3CCN(C(=O)OC(C(F)(F)F)C(F)(F)F)CC3)cc2)nn1. The molecule has 3 aromatic rings. The van der Waals surface area contributed by atoms with Crippen molar-refractivity contribution in [2.45, 2.75) is 99.1 Å². The zero-order chi connectivity index (χ0) is 55.1. The van der Waals surface area contributed by atoms with Gasteiger partial charge in [0.1, 0.15) is 6.61 Å². The maximum absolute atomic E-state index is 12.7. The predicted octanol–water partition coefficient (Wildman–Crippen LogP) is 8.13. The lowest BCUT2D eigenvalue weighted by Gasteiger charge is -2.37. The van der Waals surface area contributed by atoms with Crippen molar-refractivity contribution >= 4 is 37.8 Å². The Labute approximate surface area is 415 Å². The van der Waals surface area contributed by atoms with Crippen molar-refractivity contribution in [3.8, 4) is 11.4 Å². The number of halogens is 12. The summed E-state index contributed by atoms with van der Waals surface area (Å²) in [5.74, 6) is -0.893. The molecule has 3 fully saturated rings. The molecule has 0 unspecified atom stereocenters. The van der Waals surface area contributed by atoms with E-state index in [4.69, 9.17) is 9.47 Å². The van der Waals surface area contributed by atoms with Crippen LogP contribution in [-0.4, -0.2) is 160 Å². The van der Waals surface area contributed by atoms with E-state index in [0.717, 1.165) is 9.80 Å². The van der Waals surface area contributed by atoms with Gasteiger partial charge in [0, 0.05) is 37.2 Å². The summed E-state index contributed by atoms with van der Waals surface area (Å²) in [6.07, 6.45) is -33.9. The summed E-state index contributed by atoms with van der Waals surface area (Å²) in [6, 6.07) is 11.1. The zero-order valence-corrected chi connectivity index (χ0v) is 40.7. The van der Waals surface area contributed by atoms with Crippen molar-refractivity contribution in [3.63, 3.8) is 0 Å². The molecule has 3 aliphatic rings. The maximum atomic E-state index is 12.7. The minimum absolute atomic E-state index is 0.0141. The smallest absolute Gasteiger partial charge is 0.434 e. The number of carbonyl (C=O) groups is 3. The molecule has 17 nitrogen and oxygen atoms in total. The van der Waals surface area contributed by atoms with Gasteiger partial charge in [0.05, 0.1) is 40.1 Å². The lowest BCUT2D eigenvalue weighted by atomic mass is 9.90. The quantitative estimate of drug-likeness (QED) is 0.0846. The van der Waals surface area contributed by atoms with Crippen molar-refractivity contribution in [3.05, 3.63) is 59.9 Å². The van der Waals surface area contributed by atoms with Gasteiger partial charge in [0.25, 0.3) is 12.2 Å². The normalized spacial score (nSPS) is 17.3. The first kappa shape index (κ1) is 59.3. The fourth-order valence-corrected chi connectivity index (χ4v) is 10.4. The van der Waals surface area contributed by atoms with Crippen LogP contribution >= 0.6 is 0 Å². The molecule has 1 aromatic heterocycles. The first-order valence-electron chi connectivity index (χ1n) is 22.3. The second-order valence-electron chi connectivity index (χ2n) is 18.0. The van der Waals surface area contributed by atoms with Crippen LogP contribution in [0.4, 0.5) is 62.3 Å². The number of sulfone groups is 2. The van der Waals surface area contributed by atoms with Gasteiger partial charge in [0.15, 0.2) is 25.5 Å². The summed E-state index contributed by atoms with van der Waals surface area (Å²) in [5.41, 5.74) is 0.473. The summed E-state index contributed by atoms with van der Waals surface area (Å²) in [4.78, 5) is 37.5. The number of ether oxygens (including phenoxy) is 4. The lowest BCUT2D eigenvalue weighted by molar-refractivity contribution is -0.309. The molecular weight excluding hydrogens is 1070 g/mol. The predicted molar refractivity (Wildman–Crippen MR) is 230 cm³/mol. The maximum Gasteiger partial charge on any atom is 0.434 e. The fraction of sp³-hybridized carbons (Fsp3) is 0.605. The molecule has 31 heteroatoms. The number of benzene rings is 2. The highest BCUT2D eigenvalue weighted by Crippen LogP contribution is 2.38. The number of nitrogens with zero attached hydrogens (tertiary/aromatic N) is 6. The van der Waals surface area contributed by atoms with Crippen molar-refractivity contribution in [2.75, 3.05) is 57.5 Å². The molecule has 6 rings (SSSR count). The number of aromatic nitrogens is 4. The molecule has 3 saturated heterocycles. The molecule has 0 saturated carbocycles. The third kappa shape index (κ3) is 16.7. The van der Waals surface area contributed by atoms with E-state index in [2.05, 4.69) is 29.9 Å². The van der Waals surface area contributed by atoms with E-state index in [0.29, 0.717) is 24.6 Å². The average Bonchev–Trinajstić information content (AvgIpc) is 3.31. The Bertz CT molecular complexity index is 2580. The van der Waals surface area contributed by atoms with E-state index in [9.17, 15) is 83.9 Å². The summed E-state index contributed by atoms with van der Waals surface area (Å²) < 4.78 is 220. The highest BCUT2D eigenvalue weighted by Gasteiger charge is 2.61. The van der Waals surface area contributed by atoms with Gasteiger partial charge in [-0.1, -0.05) is 6.92 Å². The number of hydrogen-bond acceptors (Lipinski definition) is 15. The first-order valence-corrected chi connectivity index (χ1v) is 25.6. The van der Waals surface area contributed by atoms with Crippen LogP contribution in [0.15, 0.2) is 58.3 Å². The van der Waals surface area contributed by atoms with Crippen LogP contribution < -0.4 is 0 Å². The molecule has 4 heterocycles. The van der Waals surface area contributed by atoms with Crippen LogP contribution in [0.1, 0.15) is 61.6 Å². The number of carbonyl (C=O) groups excluding carboxylic acids is 3. The Kier molecular flexibility index (Phi) is 18.9. The Morgan fingerprint density at radius 2 is 0.986 bits per heavy atom. The zero-order valence-electron chi connectivity index (χ0n) is 39.1. The second-order valence-corrected chi connectivity index (χ2v) is 22.2. The number of aryl methyl sites for hydroxylation is 1. The van der Waals surface area contributed by atoms with Crippen LogP contribution in [0.3, 0.4) is 0 Å². The standard InChI is InChI=1S/C23H27F6NO7S.C20H21F6N5O4S/c1-21(12-35-13-21)14-36-18(31)16-2-4-17(5-3-16)38(33,34)11-8-15-6-9-30(10-7-15)20(32)37-19(22(24,25)26)23(27,28)29;1-12-27-29-16(30-28-12)14-2-4-15(5-3-14)36(33,34)11-8-13-6-9-31(10-7-13)18(32)35-17(19(21,22)23)20(24,25)26/h2-5,15,19H,6-14H2,1H3;2-5,13,17H,6-11H2,1H3. The summed E-state index contributed by atoms with van der Waals surface area (Å²) >= 11 is 0. The first-order chi connectivity index (χ1) is 34.2. The van der Waals surface area contributed by atoms with E-state index in [1.165, 1.54) is 48.5 Å². The molecular formula is C43H48F12N6O11S2. The van der Waals surface area contributed by atoms with Crippen LogP contribution in [-0.2, 0) is 38.6 Å². The summed E-state index contributed by atoms with van der Waals surface area (Å²) in [6.45, 7) is 4.01. The molecule has 412 valence electrons. The number of piperidine rings is 2. The Morgan fingerprint density at radius 1 is 0.622 bits per heavy atom. The van der Waals surface area contributed by atoms with Gasteiger partial charge in [-0.15, -0.1) is 20.4 Å². The van der Waals surface area contributed by atoms with Crippen molar-refractivity contribution in [1.29, 1.82) is 0 Å². The fourth-order valence-electron chi connectivity index (χ4n) is 7.54. The molecule has 3 aliphatic heterocycles. The molecule has 0 spiro atoms. The second kappa shape index (κ2) is 23.5. The van der Waals surface area contributed by atoms with Crippen molar-refractivity contribution in [2.24, 2.45) is 17.3 Å². The van der Waals surface area contributed by atoms with Gasteiger partial charge in [-0.25, -0.2) is 31.2 Å². The number of amides is 2. The minimum Gasteiger partial charge on any atom is -0.461 e. The van der Waals surface area contributed by atoms with Gasteiger partial charge in [0.2, 0.25) is 5.82 Å². The average molecular weight is 1120 g/mol. The van der Waals surface area contributed by atoms with Crippen molar-refractivity contribution in [1.82, 2.24) is 30.2 Å². The van der Waals surface area contributed by atoms with Gasteiger partial charge in [-0.3, -0.25) is 0 Å². The van der Waals surface area contributed by atoms with Crippen LogP contribution in [0.2, 0.25) is 0 Å². The molecule has 74 heavy (non-hydrogen) atoms. The summed E-state index contributed by atoms with van der Waals surface area (Å²) in [5, 5.41) is 15.3. The highest BCUT2D eigenvalue weighted by atomic mass is 32.2. The topological polar surface area (TPSA) is 214 Å². The molecule has 0 N–H and O–H groups in total. The molecule has 0 bridgehead atoms. The van der Waals surface area contributed by atoms with Gasteiger partial charge >= 0.3 is 42.9 Å². The van der Waals surface area contributed by atoms with Crippen LogP contribution in [0, 0.1) is 24.2 Å². The molecule has 0 radical (unpaired) electrons. The molecule has 0 aliphatic carbocycles. The van der Waals surface area contributed by atoms with Gasteiger partial charge in [-0.05, 0) is 106 Å². The van der Waals surface area contributed by atoms with Gasteiger partial charge in [-0.2, -0.15) is 52.7 Å². The third-order valence-electron chi connectivity index (χ3n) is 11.9. The van der Waals surface area contributed by atoms with E-state index in [-0.39, 0.29) is 121 Å². The largest absolute Gasteiger partial charge is 0.461 e. The van der Waals surface area contributed by atoms with Gasteiger partial charge < -0.3 is 28.7 Å². The number of alkyl halides is 12. The van der Waals surface area contributed by atoms with Crippen LogP contribution in [0.25, 0.3) is 11.4 Å². The third-order valence-corrected chi connectivity index (χ3v) is 15.4. The minimum atomic E-state index is -5.80. The molecule has 2 aromatic carbocycles. The number of hydrogen-bond donors (Lipinski definition) is 0. The Morgan fingerprint density at radius 3 is 1.32 bits per heavy atom. The van der Waals surface area contributed by atoms with Crippen molar-refractivity contribution < 1.29 is 103 Å². The Balaban J connectivity index is 0.000000274. The van der Waals surface area contributed by atoms with Crippen LogP contribution in [0.5, 0.6) is 0 Å². The van der Waals surface area contributed by atoms with E-state index in [1.807, 2.05) is 6.92 Å². The Hall–Kier alpha value is -5.59. The van der Waals surface area contributed by atoms with E-state index < -0.39 is 74.7 Å². The van der Waals surface area contributed by atoms with E-state index in [1.54, 1.807) is 6.92 Å². The highest BCUT2D eigenvalue weighted by molar-refractivity contribution is 7.91. The number of esters is 1. The van der Waals surface area contributed by atoms with E-state index >= 15 is 0 Å². The number of likely N-dealkylation sites (tertiary alicyclic amines) is 2.